The zero-order valence-electron chi connectivity index (χ0n) is 10.8. The van der Waals surface area contributed by atoms with E-state index in [9.17, 15) is 8.78 Å². The molecule has 0 bridgehead atoms. The summed E-state index contributed by atoms with van der Waals surface area (Å²) in [6.07, 6.45) is 0. The fourth-order valence-corrected chi connectivity index (χ4v) is 1.93. The van der Waals surface area contributed by atoms with Gasteiger partial charge in [-0.15, -0.1) is 0 Å². The summed E-state index contributed by atoms with van der Waals surface area (Å²) in [5, 5.41) is 0. The molecule has 0 aromatic heterocycles. The van der Waals surface area contributed by atoms with Gasteiger partial charge in [-0.25, -0.2) is 8.78 Å². The standard InChI is InChI=1S/C15H13F2NOS/c1-9-4-12(16)2-3-14(9)19-8-10-5-11(15(18)20)7-13(17)6-10/h2-7H,8H2,1H3,(H2,18,20). The SMILES string of the molecule is Cc1cc(F)ccc1OCc1cc(F)cc(C(N)=S)c1. The van der Waals surface area contributed by atoms with Crippen LogP contribution in [-0.2, 0) is 6.61 Å². The second-order valence-electron chi connectivity index (χ2n) is 4.41. The first kappa shape index (κ1) is 14.4. The Bertz CT molecular complexity index is 658. The lowest BCUT2D eigenvalue weighted by Gasteiger charge is -2.10. The van der Waals surface area contributed by atoms with Gasteiger partial charge in [-0.2, -0.15) is 0 Å². The molecule has 0 aliphatic heterocycles. The van der Waals surface area contributed by atoms with E-state index in [-0.39, 0.29) is 17.4 Å². The summed E-state index contributed by atoms with van der Waals surface area (Å²) in [4.78, 5) is 0.128. The quantitative estimate of drug-likeness (QED) is 0.877. The first-order valence-electron chi connectivity index (χ1n) is 5.94. The Hall–Kier alpha value is -2.01. The summed E-state index contributed by atoms with van der Waals surface area (Å²) in [6.45, 7) is 1.89. The average Bonchev–Trinajstić information content (AvgIpc) is 2.37. The van der Waals surface area contributed by atoms with E-state index in [2.05, 4.69) is 0 Å². The topological polar surface area (TPSA) is 35.2 Å². The molecule has 5 heteroatoms. The van der Waals surface area contributed by atoms with Gasteiger partial charge in [-0.05, 0) is 54.4 Å². The van der Waals surface area contributed by atoms with E-state index in [0.29, 0.717) is 22.4 Å². The second kappa shape index (κ2) is 5.96. The predicted molar refractivity (Wildman–Crippen MR) is 77.8 cm³/mol. The van der Waals surface area contributed by atoms with Crippen LogP contribution in [0.5, 0.6) is 5.75 Å². The number of benzene rings is 2. The zero-order valence-corrected chi connectivity index (χ0v) is 11.6. The number of hydrogen-bond donors (Lipinski definition) is 1. The molecule has 0 aliphatic carbocycles. The second-order valence-corrected chi connectivity index (χ2v) is 4.85. The van der Waals surface area contributed by atoms with Crippen molar-refractivity contribution in [1.82, 2.24) is 0 Å². The van der Waals surface area contributed by atoms with Crippen LogP contribution >= 0.6 is 12.2 Å². The van der Waals surface area contributed by atoms with Crippen molar-refractivity contribution in [2.45, 2.75) is 13.5 Å². The molecule has 2 N–H and O–H groups in total. The molecule has 2 aromatic carbocycles. The van der Waals surface area contributed by atoms with E-state index in [4.69, 9.17) is 22.7 Å². The summed E-state index contributed by atoms with van der Waals surface area (Å²) in [6, 6.07) is 8.52. The lowest BCUT2D eigenvalue weighted by atomic mass is 10.1. The van der Waals surface area contributed by atoms with Gasteiger partial charge in [-0.1, -0.05) is 12.2 Å². The summed E-state index contributed by atoms with van der Waals surface area (Å²) in [5.74, 6) is -0.200. The Morgan fingerprint density at radius 1 is 1.15 bits per heavy atom. The van der Waals surface area contributed by atoms with Crippen LogP contribution < -0.4 is 10.5 Å². The van der Waals surface area contributed by atoms with Crippen molar-refractivity contribution in [2.75, 3.05) is 0 Å². The van der Waals surface area contributed by atoms with Crippen molar-refractivity contribution in [1.29, 1.82) is 0 Å². The molecule has 2 aromatic rings. The van der Waals surface area contributed by atoms with Crippen molar-refractivity contribution >= 4 is 17.2 Å². The molecule has 0 saturated heterocycles. The van der Waals surface area contributed by atoms with Crippen LogP contribution in [0.1, 0.15) is 16.7 Å². The van der Waals surface area contributed by atoms with Crippen molar-refractivity contribution in [3.63, 3.8) is 0 Å². The minimum absolute atomic E-state index is 0.128. The molecule has 2 rings (SSSR count). The van der Waals surface area contributed by atoms with Crippen LogP contribution in [0.4, 0.5) is 8.78 Å². The highest BCUT2D eigenvalue weighted by atomic mass is 32.1. The molecular formula is C15H13F2NOS. The molecule has 0 fully saturated rings. The van der Waals surface area contributed by atoms with Gasteiger partial charge in [0.15, 0.2) is 0 Å². The van der Waals surface area contributed by atoms with Gasteiger partial charge in [0, 0.05) is 5.56 Å². The van der Waals surface area contributed by atoms with Crippen molar-refractivity contribution < 1.29 is 13.5 Å². The Morgan fingerprint density at radius 2 is 1.90 bits per heavy atom. The maximum atomic E-state index is 13.4. The molecule has 0 saturated carbocycles. The van der Waals surface area contributed by atoms with Gasteiger partial charge in [0.1, 0.15) is 29.0 Å². The molecule has 0 aliphatic rings. The molecule has 20 heavy (non-hydrogen) atoms. The summed E-state index contributed by atoms with van der Waals surface area (Å²) >= 11 is 4.82. The largest absolute Gasteiger partial charge is 0.489 e. The number of nitrogens with two attached hydrogens (primary N) is 1. The van der Waals surface area contributed by atoms with Crippen molar-refractivity contribution in [2.24, 2.45) is 5.73 Å². The van der Waals surface area contributed by atoms with Crippen LogP contribution in [0, 0.1) is 18.6 Å². The molecule has 0 heterocycles. The van der Waals surface area contributed by atoms with E-state index in [1.54, 1.807) is 19.1 Å². The summed E-state index contributed by atoms with van der Waals surface area (Å²) in [5.41, 5.74) is 7.22. The van der Waals surface area contributed by atoms with Gasteiger partial charge in [-0.3, -0.25) is 0 Å². The number of thiocarbonyl (C=S) groups is 1. The van der Waals surface area contributed by atoms with Crippen LogP contribution in [0.25, 0.3) is 0 Å². The highest BCUT2D eigenvalue weighted by Gasteiger charge is 2.06. The summed E-state index contributed by atoms with van der Waals surface area (Å²) < 4.78 is 31.9. The number of aryl methyl sites for hydroxylation is 1. The molecule has 0 radical (unpaired) electrons. The third kappa shape index (κ3) is 3.51. The van der Waals surface area contributed by atoms with Gasteiger partial charge >= 0.3 is 0 Å². The van der Waals surface area contributed by atoms with Crippen LogP contribution in [-0.4, -0.2) is 4.99 Å². The molecular weight excluding hydrogens is 280 g/mol. The monoisotopic (exact) mass is 293 g/mol. The Kier molecular flexibility index (Phi) is 4.29. The molecule has 0 amide bonds. The Morgan fingerprint density at radius 3 is 2.55 bits per heavy atom. The first-order chi connectivity index (χ1) is 9.45. The van der Waals surface area contributed by atoms with Crippen molar-refractivity contribution in [3.05, 3.63) is 64.7 Å². The van der Waals surface area contributed by atoms with E-state index >= 15 is 0 Å². The van der Waals surface area contributed by atoms with Crippen molar-refractivity contribution in [3.8, 4) is 5.75 Å². The molecule has 104 valence electrons. The third-order valence-electron chi connectivity index (χ3n) is 2.77. The smallest absolute Gasteiger partial charge is 0.124 e. The molecule has 0 unspecified atom stereocenters. The van der Waals surface area contributed by atoms with Crippen LogP contribution in [0.2, 0.25) is 0 Å². The number of ether oxygens (including phenoxy) is 1. The number of rotatable bonds is 4. The van der Waals surface area contributed by atoms with Gasteiger partial charge in [0.2, 0.25) is 0 Å². The third-order valence-corrected chi connectivity index (χ3v) is 3.01. The Labute approximate surface area is 121 Å². The Balaban J connectivity index is 2.16. The fourth-order valence-electron chi connectivity index (χ4n) is 1.81. The van der Waals surface area contributed by atoms with Crippen LogP contribution in [0.3, 0.4) is 0 Å². The minimum Gasteiger partial charge on any atom is -0.489 e. The lowest BCUT2D eigenvalue weighted by molar-refractivity contribution is 0.303. The first-order valence-corrected chi connectivity index (χ1v) is 6.35. The van der Waals surface area contributed by atoms with Gasteiger partial charge in [0.05, 0.1) is 0 Å². The number of halogens is 2. The normalized spacial score (nSPS) is 10.3. The fraction of sp³-hybridized carbons (Fsp3) is 0.133. The van der Waals surface area contributed by atoms with E-state index < -0.39 is 5.82 Å². The highest BCUT2D eigenvalue weighted by molar-refractivity contribution is 7.80. The van der Waals surface area contributed by atoms with Gasteiger partial charge in [0.25, 0.3) is 0 Å². The summed E-state index contributed by atoms with van der Waals surface area (Å²) in [7, 11) is 0. The average molecular weight is 293 g/mol. The molecule has 2 nitrogen and oxygen atoms in total. The van der Waals surface area contributed by atoms with Crippen LogP contribution in [0.15, 0.2) is 36.4 Å². The zero-order chi connectivity index (χ0) is 14.7. The molecule has 0 spiro atoms. The molecule has 0 atom stereocenters. The van der Waals surface area contributed by atoms with Gasteiger partial charge < -0.3 is 10.5 Å². The number of hydrogen-bond acceptors (Lipinski definition) is 2. The predicted octanol–water partition coefficient (Wildman–Crippen LogP) is 3.49. The lowest BCUT2D eigenvalue weighted by Crippen LogP contribution is -2.10. The minimum atomic E-state index is -0.426. The maximum Gasteiger partial charge on any atom is 0.124 e. The van der Waals surface area contributed by atoms with E-state index in [0.717, 1.165) is 0 Å². The maximum absolute atomic E-state index is 13.4. The van der Waals surface area contributed by atoms with E-state index in [1.165, 1.54) is 24.3 Å². The highest BCUT2D eigenvalue weighted by Crippen LogP contribution is 2.20. The van der Waals surface area contributed by atoms with E-state index in [1.807, 2.05) is 0 Å².